The van der Waals surface area contributed by atoms with Crippen LogP contribution in [0.15, 0.2) is 17.5 Å². The molecule has 1 aliphatic heterocycles. The van der Waals surface area contributed by atoms with Crippen molar-refractivity contribution in [3.05, 3.63) is 22.4 Å². The van der Waals surface area contributed by atoms with E-state index < -0.39 is 5.54 Å². The molecule has 0 radical (unpaired) electrons. The molecule has 0 spiro atoms. The van der Waals surface area contributed by atoms with E-state index in [1.165, 1.54) is 11.3 Å². The standard InChI is InChI=1S/C17H26N2OS/c1-5-17(4)16(20)19(13-9-8-11(2)12(13)3)15(18-17)14-7-6-10-21-14/h6-7,10-13,15,18H,5,8-9H2,1-4H3. The molecule has 0 bridgehead atoms. The summed E-state index contributed by atoms with van der Waals surface area (Å²) in [5, 5.41) is 5.72. The predicted octanol–water partition coefficient (Wildman–Crippen LogP) is 3.78. The van der Waals surface area contributed by atoms with Crippen molar-refractivity contribution in [2.24, 2.45) is 11.8 Å². The summed E-state index contributed by atoms with van der Waals surface area (Å²) in [4.78, 5) is 16.5. The molecule has 116 valence electrons. The first-order valence-corrected chi connectivity index (χ1v) is 8.99. The van der Waals surface area contributed by atoms with Crippen molar-refractivity contribution < 1.29 is 4.79 Å². The van der Waals surface area contributed by atoms with Gasteiger partial charge in [-0.15, -0.1) is 11.3 Å². The minimum absolute atomic E-state index is 0.0557. The van der Waals surface area contributed by atoms with E-state index in [2.05, 4.69) is 55.4 Å². The summed E-state index contributed by atoms with van der Waals surface area (Å²) in [5.74, 6) is 1.58. The van der Waals surface area contributed by atoms with Crippen LogP contribution in [0.4, 0.5) is 0 Å². The van der Waals surface area contributed by atoms with E-state index in [4.69, 9.17) is 0 Å². The number of hydrogen-bond donors (Lipinski definition) is 1. The normalized spacial score (nSPS) is 40.2. The van der Waals surface area contributed by atoms with Gasteiger partial charge in [-0.05, 0) is 49.5 Å². The summed E-state index contributed by atoms with van der Waals surface area (Å²) in [6.07, 6.45) is 3.26. The van der Waals surface area contributed by atoms with Gasteiger partial charge in [0.25, 0.3) is 0 Å². The molecule has 0 aromatic carbocycles. The van der Waals surface area contributed by atoms with Crippen LogP contribution >= 0.6 is 11.3 Å². The van der Waals surface area contributed by atoms with Crippen LogP contribution in [-0.2, 0) is 4.79 Å². The number of rotatable bonds is 3. The Morgan fingerprint density at radius 1 is 1.43 bits per heavy atom. The van der Waals surface area contributed by atoms with Gasteiger partial charge < -0.3 is 4.90 Å². The quantitative estimate of drug-likeness (QED) is 0.921. The fraction of sp³-hybridized carbons (Fsp3) is 0.706. The van der Waals surface area contributed by atoms with Gasteiger partial charge in [0.15, 0.2) is 0 Å². The van der Waals surface area contributed by atoms with E-state index in [-0.39, 0.29) is 12.1 Å². The molecule has 2 aliphatic rings. The van der Waals surface area contributed by atoms with Crippen molar-refractivity contribution >= 4 is 17.2 Å². The maximum absolute atomic E-state index is 13.1. The molecule has 2 heterocycles. The van der Waals surface area contributed by atoms with Gasteiger partial charge in [-0.1, -0.05) is 26.8 Å². The largest absolute Gasteiger partial charge is 0.317 e. The van der Waals surface area contributed by atoms with Gasteiger partial charge in [0.05, 0.1) is 5.54 Å². The summed E-state index contributed by atoms with van der Waals surface area (Å²) in [7, 11) is 0. The summed E-state index contributed by atoms with van der Waals surface area (Å²) in [6.45, 7) is 8.78. The third-order valence-electron chi connectivity index (χ3n) is 5.74. The first kappa shape index (κ1) is 15.0. The maximum Gasteiger partial charge on any atom is 0.244 e. The molecule has 5 atom stereocenters. The van der Waals surface area contributed by atoms with E-state index in [9.17, 15) is 4.79 Å². The van der Waals surface area contributed by atoms with Crippen molar-refractivity contribution in [1.29, 1.82) is 0 Å². The number of thiophene rings is 1. The molecule has 4 heteroatoms. The Morgan fingerprint density at radius 2 is 2.19 bits per heavy atom. The van der Waals surface area contributed by atoms with Gasteiger partial charge >= 0.3 is 0 Å². The van der Waals surface area contributed by atoms with E-state index in [0.29, 0.717) is 17.9 Å². The van der Waals surface area contributed by atoms with Crippen LogP contribution in [0.5, 0.6) is 0 Å². The molecule has 1 amide bonds. The monoisotopic (exact) mass is 306 g/mol. The zero-order chi connectivity index (χ0) is 15.2. The van der Waals surface area contributed by atoms with E-state index in [1.807, 2.05) is 0 Å². The lowest BCUT2D eigenvalue weighted by Crippen LogP contribution is -2.45. The fourth-order valence-electron chi connectivity index (χ4n) is 3.82. The summed E-state index contributed by atoms with van der Waals surface area (Å²) in [6, 6.07) is 4.60. The molecular formula is C17H26N2OS. The molecule has 5 unspecified atom stereocenters. The van der Waals surface area contributed by atoms with Crippen molar-refractivity contribution in [2.75, 3.05) is 0 Å². The highest BCUT2D eigenvalue weighted by Crippen LogP contribution is 2.43. The third-order valence-corrected chi connectivity index (χ3v) is 6.66. The lowest BCUT2D eigenvalue weighted by molar-refractivity contribution is -0.136. The average Bonchev–Trinajstić information content (AvgIpc) is 3.15. The Hall–Kier alpha value is -0.870. The average molecular weight is 306 g/mol. The lowest BCUT2D eigenvalue weighted by atomic mass is 9.95. The highest BCUT2D eigenvalue weighted by Gasteiger charge is 2.52. The van der Waals surface area contributed by atoms with Crippen LogP contribution in [0.3, 0.4) is 0 Å². The number of carbonyl (C=O) groups excluding carboxylic acids is 1. The topological polar surface area (TPSA) is 32.3 Å². The van der Waals surface area contributed by atoms with Crippen LogP contribution in [0, 0.1) is 11.8 Å². The predicted molar refractivity (Wildman–Crippen MR) is 87.1 cm³/mol. The second kappa shape index (κ2) is 5.40. The lowest BCUT2D eigenvalue weighted by Gasteiger charge is -2.33. The summed E-state index contributed by atoms with van der Waals surface area (Å²) >= 11 is 1.74. The molecule has 2 fully saturated rings. The van der Waals surface area contributed by atoms with Gasteiger partial charge in [0.2, 0.25) is 5.91 Å². The van der Waals surface area contributed by atoms with E-state index in [1.54, 1.807) is 11.3 Å². The van der Waals surface area contributed by atoms with Gasteiger partial charge in [0, 0.05) is 10.9 Å². The molecule has 1 N–H and O–H groups in total. The zero-order valence-corrected chi connectivity index (χ0v) is 14.2. The first-order valence-electron chi connectivity index (χ1n) is 8.12. The van der Waals surface area contributed by atoms with Gasteiger partial charge in [-0.3, -0.25) is 10.1 Å². The molecule has 3 nitrogen and oxygen atoms in total. The maximum atomic E-state index is 13.1. The molecule has 21 heavy (non-hydrogen) atoms. The number of nitrogens with zero attached hydrogens (tertiary/aromatic N) is 1. The Bertz CT molecular complexity index is 515. The second-order valence-electron chi connectivity index (χ2n) is 6.94. The van der Waals surface area contributed by atoms with Crippen molar-refractivity contribution in [2.45, 2.75) is 64.7 Å². The summed E-state index contributed by atoms with van der Waals surface area (Å²) in [5.41, 5.74) is -0.416. The molecule has 1 saturated heterocycles. The highest BCUT2D eigenvalue weighted by atomic mass is 32.1. The molecular weight excluding hydrogens is 280 g/mol. The van der Waals surface area contributed by atoms with Crippen LogP contribution in [-0.4, -0.2) is 22.4 Å². The van der Waals surface area contributed by atoms with Crippen molar-refractivity contribution in [3.8, 4) is 0 Å². The minimum atomic E-state index is -0.416. The van der Waals surface area contributed by atoms with Crippen LogP contribution in [0.25, 0.3) is 0 Å². The molecule has 3 rings (SSSR count). The smallest absolute Gasteiger partial charge is 0.244 e. The van der Waals surface area contributed by atoms with E-state index >= 15 is 0 Å². The number of carbonyl (C=O) groups is 1. The Balaban J connectivity index is 1.96. The van der Waals surface area contributed by atoms with Crippen molar-refractivity contribution in [1.82, 2.24) is 10.2 Å². The van der Waals surface area contributed by atoms with Crippen LogP contribution in [0.1, 0.15) is 58.0 Å². The van der Waals surface area contributed by atoms with Crippen LogP contribution < -0.4 is 5.32 Å². The zero-order valence-electron chi connectivity index (χ0n) is 13.4. The molecule has 1 saturated carbocycles. The Kier molecular flexibility index (Phi) is 3.87. The minimum Gasteiger partial charge on any atom is -0.317 e. The molecule has 1 aliphatic carbocycles. The molecule has 1 aromatic rings. The van der Waals surface area contributed by atoms with Gasteiger partial charge in [-0.25, -0.2) is 0 Å². The second-order valence-corrected chi connectivity index (χ2v) is 7.92. The Morgan fingerprint density at radius 3 is 2.71 bits per heavy atom. The highest BCUT2D eigenvalue weighted by molar-refractivity contribution is 7.10. The first-order chi connectivity index (χ1) is 9.98. The number of nitrogens with one attached hydrogen (secondary N) is 1. The van der Waals surface area contributed by atoms with Crippen LogP contribution in [0.2, 0.25) is 0 Å². The summed E-state index contributed by atoms with van der Waals surface area (Å²) < 4.78 is 0. The van der Waals surface area contributed by atoms with Crippen molar-refractivity contribution in [3.63, 3.8) is 0 Å². The van der Waals surface area contributed by atoms with E-state index in [0.717, 1.165) is 12.8 Å². The van der Waals surface area contributed by atoms with Gasteiger partial charge in [0.1, 0.15) is 6.17 Å². The Labute approximate surface area is 131 Å². The SMILES string of the molecule is CCC1(C)NC(c2cccs2)N(C2CCC(C)C2C)C1=O. The van der Waals surface area contributed by atoms with Gasteiger partial charge in [-0.2, -0.15) is 0 Å². The number of hydrogen-bond acceptors (Lipinski definition) is 3. The molecule has 1 aromatic heterocycles. The fourth-order valence-corrected chi connectivity index (χ4v) is 4.59. The third kappa shape index (κ3) is 2.33. The number of amides is 1.